The first-order valence-corrected chi connectivity index (χ1v) is 11.0. The number of carbonyl (C=O) groups excluding carboxylic acids is 3. The SMILES string of the molecule is C.CC(C)C[C@H](NC(=O)c1cc2ccccc2s1)C(=O)N1CCC[C@H]2OCC(=O)[C@H]21.S.S. The number of ether oxygens (including phenoxy) is 1. The Morgan fingerprint density at radius 2 is 1.97 bits per heavy atom. The summed E-state index contributed by atoms with van der Waals surface area (Å²) in [7, 11) is 0. The number of ketones is 1. The Balaban J connectivity index is 0.00000171. The standard InChI is InChI=1S/C22H26N2O4S.CH4.2H2S/c1-13(2)10-15(22(27)24-9-5-7-17-20(24)16(25)12-28-17)23-21(26)19-11-14-6-3-4-8-18(14)29-19;;;/h3-4,6,8,11,13,15,17,20H,5,7,9-10,12H2,1-2H3,(H,23,26);1H4;2*1H2/t15-,17+,20+;;;/m0.../s1. The van der Waals surface area contributed by atoms with Crippen molar-refractivity contribution in [2.45, 2.75) is 58.7 Å². The summed E-state index contributed by atoms with van der Waals surface area (Å²) in [6, 6.07) is 8.53. The summed E-state index contributed by atoms with van der Waals surface area (Å²) in [4.78, 5) is 40.8. The summed E-state index contributed by atoms with van der Waals surface area (Å²) in [6.45, 7) is 4.65. The lowest BCUT2D eigenvalue weighted by atomic mass is 9.95. The molecule has 9 heteroatoms. The van der Waals surface area contributed by atoms with Crippen LogP contribution in [-0.2, 0) is 14.3 Å². The fourth-order valence-corrected chi connectivity index (χ4v) is 5.22. The average molecular weight is 499 g/mol. The minimum atomic E-state index is -0.653. The van der Waals surface area contributed by atoms with Gasteiger partial charge in [-0.15, -0.1) is 11.3 Å². The molecular weight excluding hydrogens is 464 g/mol. The highest BCUT2D eigenvalue weighted by Crippen LogP contribution is 2.28. The van der Waals surface area contributed by atoms with Crippen LogP contribution >= 0.6 is 38.3 Å². The molecule has 3 atom stereocenters. The van der Waals surface area contributed by atoms with Gasteiger partial charge in [-0.2, -0.15) is 27.0 Å². The Morgan fingerprint density at radius 1 is 1.25 bits per heavy atom. The molecule has 0 bridgehead atoms. The lowest BCUT2D eigenvalue weighted by Gasteiger charge is -2.37. The Kier molecular flexibility index (Phi) is 10.7. The minimum Gasteiger partial charge on any atom is -0.368 e. The highest BCUT2D eigenvalue weighted by atomic mass is 32.1. The van der Waals surface area contributed by atoms with E-state index in [2.05, 4.69) is 5.32 Å². The van der Waals surface area contributed by atoms with Crippen molar-refractivity contribution in [1.82, 2.24) is 10.2 Å². The van der Waals surface area contributed by atoms with Gasteiger partial charge in [0.05, 0.1) is 11.0 Å². The molecule has 2 aliphatic heterocycles. The number of benzene rings is 1. The van der Waals surface area contributed by atoms with Crippen LogP contribution in [0.1, 0.15) is 50.2 Å². The molecular formula is C23H34N2O4S3. The number of hydrogen-bond donors (Lipinski definition) is 1. The number of piperidine rings is 1. The number of nitrogens with one attached hydrogen (secondary N) is 1. The highest BCUT2D eigenvalue weighted by molar-refractivity contribution is 7.59. The van der Waals surface area contributed by atoms with Crippen molar-refractivity contribution in [3.05, 3.63) is 35.2 Å². The number of rotatable bonds is 5. The van der Waals surface area contributed by atoms with Gasteiger partial charge >= 0.3 is 0 Å². The van der Waals surface area contributed by atoms with E-state index in [-0.39, 0.29) is 70.6 Å². The molecule has 0 spiro atoms. The monoisotopic (exact) mass is 498 g/mol. The number of carbonyl (C=O) groups is 3. The molecule has 1 N–H and O–H groups in total. The third kappa shape index (κ3) is 5.87. The predicted molar refractivity (Wildman–Crippen MR) is 140 cm³/mol. The van der Waals surface area contributed by atoms with Crippen LogP contribution in [-0.4, -0.2) is 53.8 Å². The van der Waals surface area contributed by atoms with Crippen LogP contribution in [0.25, 0.3) is 10.1 Å². The number of fused-ring (bicyclic) bond motifs is 2. The molecule has 0 saturated carbocycles. The van der Waals surface area contributed by atoms with Crippen molar-refractivity contribution in [2.24, 2.45) is 5.92 Å². The van der Waals surface area contributed by atoms with Crippen molar-refractivity contribution in [3.63, 3.8) is 0 Å². The average Bonchev–Trinajstić information content (AvgIpc) is 3.30. The van der Waals surface area contributed by atoms with E-state index in [1.54, 1.807) is 4.90 Å². The van der Waals surface area contributed by atoms with Gasteiger partial charge in [-0.25, -0.2) is 0 Å². The Morgan fingerprint density at radius 3 is 2.66 bits per heavy atom. The summed E-state index contributed by atoms with van der Waals surface area (Å²) < 4.78 is 6.60. The van der Waals surface area contributed by atoms with Gasteiger partial charge in [0.25, 0.3) is 5.91 Å². The molecule has 2 saturated heterocycles. The van der Waals surface area contributed by atoms with Gasteiger partial charge in [0.15, 0.2) is 5.78 Å². The van der Waals surface area contributed by atoms with Crippen LogP contribution < -0.4 is 5.32 Å². The van der Waals surface area contributed by atoms with Crippen molar-refractivity contribution < 1.29 is 19.1 Å². The van der Waals surface area contributed by atoms with E-state index in [4.69, 9.17) is 4.74 Å². The molecule has 178 valence electrons. The molecule has 2 aromatic rings. The molecule has 6 nitrogen and oxygen atoms in total. The topological polar surface area (TPSA) is 75.7 Å². The summed E-state index contributed by atoms with van der Waals surface area (Å²) in [5.74, 6) is -0.237. The quantitative estimate of drug-likeness (QED) is 0.679. The molecule has 0 unspecified atom stereocenters. The molecule has 3 heterocycles. The lowest BCUT2D eigenvalue weighted by molar-refractivity contribution is -0.142. The molecule has 4 rings (SSSR count). The normalized spacial score (nSPS) is 20.6. The maximum Gasteiger partial charge on any atom is 0.262 e. The van der Waals surface area contributed by atoms with Crippen LogP contribution in [0, 0.1) is 5.92 Å². The van der Waals surface area contributed by atoms with E-state index >= 15 is 0 Å². The number of likely N-dealkylation sites (tertiary alicyclic amines) is 1. The maximum absolute atomic E-state index is 13.4. The van der Waals surface area contributed by atoms with Gasteiger partial charge in [-0.1, -0.05) is 39.5 Å². The van der Waals surface area contributed by atoms with E-state index in [0.29, 0.717) is 17.8 Å². The Bertz CT molecular complexity index is 913. The first kappa shape index (κ1) is 28.5. The van der Waals surface area contributed by atoms with E-state index < -0.39 is 12.1 Å². The first-order chi connectivity index (χ1) is 13.9. The zero-order valence-electron chi connectivity index (χ0n) is 17.7. The smallest absolute Gasteiger partial charge is 0.262 e. The first-order valence-electron chi connectivity index (χ1n) is 10.2. The number of hydrogen-bond acceptors (Lipinski definition) is 5. The van der Waals surface area contributed by atoms with E-state index in [0.717, 1.165) is 22.9 Å². The van der Waals surface area contributed by atoms with Gasteiger partial charge in [-0.05, 0) is 42.7 Å². The summed E-state index contributed by atoms with van der Waals surface area (Å²) in [6.07, 6.45) is 1.92. The molecule has 2 aliphatic rings. The maximum atomic E-state index is 13.4. The van der Waals surface area contributed by atoms with Gasteiger partial charge in [-0.3, -0.25) is 14.4 Å². The van der Waals surface area contributed by atoms with E-state index in [9.17, 15) is 14.4 Å². The van der Waals surface area contributed by atoms with Crippen molar-refractivity contribution in [2.75, 3.05) is 13.2 Å². The van der Waals surface area contributed by atoms with Crippen molar-refractivity contribution in [1.29, 1.82) is 0 Å². The molecule has 1 aromatic heterocycles. The van der Waals surface area contributed by atoms with E-state index in [1.807, 2.05) is 44.2 Å². The lowest BCUT2D eigenvalue weighted by Crippen LogP contribution is -2.58. The summed E-state index contributed by atoms with van der Waals surface area (Å²) in [5.41, 5.74) is 0. The second-order valence-corrected chi connectivity index (χ2v) is 9.32. The predicted octanol–water partition coefficient (Wildman–Crippen LogP) is 3.87. The number of amides is 2. The van der Waals surface area contributed by atoms with Crippen LogP contribution in [0.2, 0.25) is 0 Å². The third-order valence-corrected chi connectivity index (χ3v) is 6.70. The Labute approximate surface area is 208 Å². The summed E-state index contributed by atoms with van der Waals surface area (Å²) in [5, 5.41) is 3.96. The molecule has 1 aromatic carbocycles. The van der Waals surface area contributed by atoms with Crippen molar-refractivity contribution >= 4 is 66.0 Å². The molecule has 2 fully saturated rings. The van der Waals surface area contributed by atoms with Crippen molar-refractivity contribution in [3.8, 4) is 0 Å². The molecule has 32 heavy (non-hydrogen) atoms. The third-order valence-electron chi connectivity index (χ3n) is 5.59. The molecule has 2 amide bonds. The zero-order chi connectivity index (χ0) is 20.5. The second kappa shape index (κ2) is 12.1. The van der Waals surface area contributed by atoms with Crippen LogP contribution in [0.4, 0.5) is 0 Å². The second-order valence-electron chi connectivity index (χ2n) is 8.24. The minimum absolute atomic E-state index is 0. The van der Waals surface area contributed by atoms with Crippen LogP contribution in [0.15, 0.2) is 30.3 Å². The molecule has 0 aliphatic carbocycles. The highest BCUT2D eigenvalue weighted by Gasteiger charge is 2.45. The fraction of sp³-hybridized carbons (Fsp3) is 0.522. The molecule has 0 radical (unpaired) electrons. The largest absolute Gasteiger partial charge is 0.368 e. The number of thiophene rings is 1. The van der Waals surface area contributed by atoms with Gasteiger partial charge < -0.3 is 15.0 Å². The van der Waals surface area contributed by atoms with Crippen LogP contribution in [0.5, 0.6) is 0 Å². The summed E-state index contributed by atoms with van der Waals surface area (Å²) >= 11 is 1.42. The van der Waals surface area contributed by atoms with Gasteiger partial charge in [0, 0.05) is 11.2 Å². The van der Waals surface area contributed by atoms with Crippen LogP contribution in [0.3, 0.4) is 0 Å². The Hall–Kier alpha value is -1.55. The van der Waals surface area contributed by atoms with Gasteiger partial charge in [0.1, 0.15) is 18.7 Å². The fourth-order valence-electron chi connectivity index (χ4n) is 4.25. The number of Topliss-reactive ketones (excluding diaryl/α,β-unsaturated/α-hetero) is 1. The number of nitrogens with zero attached hydrogens (tertiary/aromatic N) is 1. The van der Waals surface area contributed by atoms with E-state index in [1.165, 1.54) is 11.3 Å². The zero-order valence-corrected chi connectivity index (χ0v) is 20.5. The van der Waals surface area contributed by atoms with Gasteiger partial charge in [0.2, 0.25) is 5.91 Å².